The van der Waals surface area contributed by atoms with Crippen LogP contribution in [0, 0.1) is 0 Å². The average molecular weight is 192 g/mol. The standard InChI is InChI=1S/C9H20O4/c1-3-4-12-8-9(7-10)13-6-5-11-2/h9-10H,3-8H2,1-2H3. The number of ether oxygens (including phenoxy) is 3. The molecular formula is C9H20O4. The highest BCUT2D eigenvalue weighted by Gasteiger charge is 2.06. The highest BCUT2D eigenvalue weighted by molar-refractivity contribution is 4.53. The predicted octanol–water partition coefficient (Wildman–Crippen LogP) is 0.437. The maximum Gasteiger partial charge on any atom is 0.104 e. The Morgan fingerprint density at radius 1 is 1.23 bits per heavy atom. The third kappa shape index (κ3) is 8.18. The Morgan fingerprint density at radius 3 is 2.54 bits per heavy atom. The molecule has 4 nitrogen and oxygen atoms in total. The van der Waals surface area contributed by atoms with Crippen LogP contribution in [-0.2, 0) is 14.2 Å². The Labute approximate surface area is 79.8 Å². The molecule has 0 fully saturated rings. The van der Waals surface area contributed by atoms with Gasteiger partial charge in [0.2, 0.25) is 0 Å². The minimum atomic E-state index is -0.221. The minimum Gasteiger partial charge on any atom is -0.394 e. The first-order valence-corrected chi connectivity index (χ1v) is 4.64. The van der Waals surface area contributed by atoms with Gasteiger partial charge in [0.15, 0.2) is 0 Å². The molecule has 1 unspecified atom stereocenters. The highest BCUT2D eigenvalue weighted by atomic mass is 16.6. The molecule has 4 heteroatoms. The lowest BCUT2D eigenvalue weighted by Crippen LogP contribution is -2.25. The van der Waals surface area contributed by atoms with E-state index in [1.54, 1.807) is 7.11 Å². The van der Waals surface area contributed by atoms with Crippen molar-refractivity contribution >= 4 is 0 Å². The number of hydrogen-bond donors (Lipinski definition) is 1. The van der Waals surface area contributed by atoms with Gasteiger partial charge in [-0.05, 0) is 6.42 Å². The zero-order chi connectivity index (χ0) is 9.94. The molecule has 0 aromatic rings. The zero-order valence-corrected chi connectivity index (χ0v) is 8.49. The molecular weight excluding hydrogens is 172 g/mol. The van der Waals surface area contributed by atoms with Crippen molar-refractivity contribution in [3.05, 3.63) is 0 Å². The molecule has 0 amide bonds. The summed E-state index contributed by atoms with van der Waals surface area (Å²) in [6, 6.07) is 0. The third-order valence-corrected chi connectivity index (χ3v) is 1.50. The molecule has 1 atom stereocenters. The van der Waals surface area contributed by atoms with Gasteiger partial charge in [0.05, 0.1) is 26.4 Å². The fraction of sp³-hybridized carbons (Fsp3) is 1.00. The predicted molar refractivity (Wildman–Crippen MR) is 49.8 cm³/mol. The Morgan fingerprint density at radius 2 is 2.00 bits per heavy atom. The van der Waals surface area contributed by atoms with E-state index in [1.165, 1.54) is 0 Å². The summed E-state index contributed by atoms with van der Waals surface area (Å²) >= 11 is 0. The van der Waals surface area contributed by atoms with Crippen LogP contribution in [0.2, 0.25) is 0 Å². The van der Waals surface area contributed by atoms with E-state index in [-0.39, 0.29) is 12.7 Å². The van der Waals surface area contributed by atoms with E-state index in [2.05, 4.69) is 0 Å². The van der Waals surface area contributed by atoms with E-state index in [0.29, 0.717) is 26.4 Å². The van der Waals surface area contributed by atoms with Crippen molar-refractivity contribution in [2.75, 3.05) is 40.1 Å². The minimum absolute atomic E-state index is 0.00652. The first-order chi connectivity index (χ1) is 6.35. The van der Waals surface area contributed by atoms with Gasteiger partial charge in [-0.3, -0.25) is 0 Å². The van der Waals surface area contributed by atoms with Crippen LogP contribution in [0.3, 0.4) is 0 Å². The van der Waals surface area contributed by atoms with E-state index in [4.69, 9.17) is 19.3 Å². The molecule has 0 saturated heterocycles. The van der Waals surface area contributed by atoms with E-state index < -0.39 is 0 Å². The molecule has 0 radical (unpaired) electrons. The summed E-state index contributed by atoms with van der Waals surface area (Å²) in [6.45, 7) is 4.24. The number of methoxy groups -OCH3 is 1. The van der Waals surface area contributed by atoms with E-state index in [9.17, 15) is 0 Å². The maximum atomic E-state index is 8.88. The molecule has 1 N–H and O–H groups in total. The van der Waals surface area contributed by atoms with Gasteiger partial charge in [-0.25, -0.2) is 0 Å². The Hall–Kier alpha value is -0.160. The normalized spacial score (nSPS) is 13.2. The van der Waals surface area contributed by atoms with Crippen LogP contribution in [0.25, 0.3) is 0 Å². The number of aliphatic hydroxyl groups excluding tert-OH is 1. The monoisotopic (exact) mass is 192 g/mol. The lowest BCUT2D eigenvalue weighted by atomic mass is 10.4. The van der Waals surface area contributed by atoms with Crippen LogP contribution < -0.4 is 0 Å². The molecule has 0 aromatic carbocycles. The summed E-state index contributed by atoms with van der Waals surface area (Å²) in [5.41, 5.74) is 0. The third-order valence-electron chi connectivity index (χ3n) is 1.50. The highest BCUT2D eigenvalue weighted by Crippen LogP contribution is 1.93. The first-order valence-electron chi connectivity index (χ1n) is 4.64. The van der Waals surface area contributed by atoms with Gasteiger partial charge in [-0.15, -0.1) is 0 Å². The van der Waals surface area contributed by atoms with Crippen molar-refractivity contribution in [3.63, 3.8) is 0 Å². The summed E-state index contributed by atoms with van der Waals surface area (Å²) in [4.78, 5) is 0. The summed E-state index contributed by atoms with van der Waals surface area (Å²) in [7, 11) is 1.62. The lowest BCUT2D eigenvalue weighted by molar-refractivity contribution is -0.0546. The SMILES string of the molecule is CCCOCC(CO)OCCOC. The van der Waals surface area contributed by atoms with Crippen molar-refractivity contribution in [3.8, 4) is 0 Å². The topological polar surface area (TPSA) is 47.9 Å². The van der Waals surface area contributed by atoms with E-state index >= 15 is 0 Å². The largest absolute Gasteiger partial charge is 0.394 e. The van der Waals surface area contributed by atoms with E-state index in [1.807, 2.05) is 6.92 Å². The molecule has 0 saturated carbocycles. The quantitative estimate of drug-likeness (QED) is 0.538. The van der Waals surface area contributed by atoms with Crippen LogP contribution >= 0.6 is 0 Å². The van der Waals surface area contributed by atoms with E-state index in [0.717, 1.165) is 6.42 Å². The fourth-order valence-corrected chi connectivity index (χ4v) is 0.811. The molecule has 0 aliphatic carbocycles. The summed E-state index contributed by atoms with van der Waals surface area (Å²) < 4.78 is 15.3. The van der Waals surface area contributed by atoms with Gasteiger partial charge >= 0.3 is 0 Å². The Balaban J connectivity index is 3.28. The number of rotatable bonds is 9. The van der Waals surface area contributed by atoms with Gasteiger partial charge < -0.3 is 19.3 Å². The van der Waals surface area contributed by atoms with Gasteiger partial charge in [0, 0.05) is 13.7 Å². The summed E-state index contributed by atoms with van der Waals surface area (Å²) in [5, 5.41) is 8.88. The van der Waals surface area contributed by atoms with Crippen LogP contribution in [0.5, 0.6) is 0 Å². The lowest BCUT2D eigenvalue weighted by Gasteiger charge is -2.14. The number of hydrogen-bond acceptors (Lipinski definition) is 4. The molecule has 0 rings (SSSR count). The molecule has 0 aliphatic heterocycles. The smallest absolute Gasteiger partial charge is 0.104 e. The van der Waals surface area contributed by atoms with Crippen molar-refractivity contribution in [1.29, 1.82) is 0 Å². The molecule has 0 bridgehead atoms. The van der Waals surface area contributed by atoms with Crippen LogP contribution in [0.15, 0.2) is 0 Å². The second-order valence-electron chi connectivity index (χ2n) is 2.74. The van der Waals surface area contributed by atoms with Crippen LogP contribution in [0.1, 0.15) is 13.3 Å². The van der Waals surface area contributed by atoms with Crippen molar-refractivity contribution in [2.45, 2.75) is 19.4 Å². The second kappa shape index (κ2) is 9.92. The fourth-order valence-electron chi connectivity index (χ4n) is 0.811. The molecule has 0 aromatic heterocycles. The second-order valence-corrected chi connectivity index (χ2v) is 2.74. The molecule has 0 aliphatic rings. The van der Waals surface area contributed by atoms with Crippen molar-refractivity contribution in [1.82, 2.24) is 0 Å². The molecule has 80 valence electrons. The summed E-state index contributed by atoms with van der Waals surface area (Å²) in [5.74, 6) is 0. The van der Waals surface area contributed by atoms with Crippen LogP contribution in [-0.4, -0.2) is 51.4 Å². The number of aliphatic hydroxyl groups is 1. The van der Waals surface area contributed by atoms with Crippen LogP contribution in [0.4, 0.5) is 0 Å². The first kappa shape index (κ1) is 12.8. The van der Waals surface area contributed by atoms with Gasteiger partial charge in [0.25, 0.3) is 0 Å². The average Bonchev–Trinajstić information content (AvgIpc) is 2.16. The maximum absolute atomic E-state index is 8.88. The summed E-state index contributed by atoms with van der Waals surface area (Å²) in [6.07, 6.45) is 0.762. The van der Waals surface area contributed by atoms with Gasteiger partial charge in [-0.2, -0.15) is 0 Å². The van der Waals surface area contributed by atoms with Gasteiger partial charge in [0.1, 0.15) is 6.10 Å². The molecule has 0 spiro atoms. The van der Waals surface area contributed by atoms with Crippen molar-refractivity contribution in [2.24, 2.45) is 0 Å². The molecule has 13 heavy (non-hydrogen) atoms. The zero-order valence-electron chi connectivity index (χ0n) is 8.49. The Bertz CT molecular complexity index is 87.6. The Kier molecular flexibility index (Phi) is 9.80. The van der Waals surface area contributed by atoms with Crippen molar-refractivity contribution < 1.29 is 19.3 Å². The van der Waals surface area contributed by atoms with Gasteiger partial charge in [-0.1, -0.05) is 6.92 Å². The molecule has 0 heterocycles.